The Morgan fingerprint density at radius 2 is 1.71 bits per heavy atom. The number of nitrogens with one attached hydrogen (secondary N) is 2. The van der Waals surface area contributed by atoms with Gasteiger partial charge in [-0.3, -0.25) is 5.32 Å². The Morgan fingerprint density at radius 3 is 2.47 bits per heavy atom. The van der Waals surface area contributed by atoms with Crippen molar-refractivity contribution in [1.29, 1.82) is 0 Å². The fraction of sp³-hybridized carbons (Fsp3) is 0.148. The summed E-state index contributed by atoms with van der Waals surface area (Å²) in [6, 6.07) is 20.3. The molecule has 0 fully saturated rings. The predicted octanol–water partition coefficient (Wildman–Crippen LogP) is 4.20. The van der Waals surface area contributed by atoms with Gasteiger partial charge in [0.05, 0.1) is 17.1 Å². The minimum Gasteiger partial charge on any atom is -0.457 e. The Labute approximate surface area is 218 Å². The van der Waals surface area contributed by atoms with E-state index in [0.717, 1.165) is 5.56 Å². The van der Waals surface area contributed by atoms with E-state index >= 15 is 0 Å². The number of anilines is 1. The summed E-state index contributed by atoms with van der Waals surface area (Å²) >= 11 is 0. The molecule has 0 atom stereocenters. The van der Waals surface area contributed by atoms with Gasteiger partial charge in [0.25, 0.3) is 0 Å². The van der Waals surface area contributed by atoms with Crippen LogP contribution in [0.4, 0.5) is 10.5 Å². The van der Waals surface area contributed by atoms with Gasteiger partial charge in [-0.1, -0.05) is 36.4 Å². The lowest BCUT2D eigenvalue weighted by Gasteiger charge is -2.10. The molecule has 1 amide bonds. The van der Waals surface area contributed by atoms with Crippen LogP contribution in [0.5, 0.6) is 0 Å². The highest BCUT2D eigenvalue weighted by atomic mass is 32.2. The van der Waals surface area contributed by atoms with Crippen LogP contribution in [0.1, 0.15) is 28.4 Å². The van der Waals surface area contributed by atoms with E-state index in [-0.39, 0.29) is 35.8 Å². The first-order chi connectivity index (χ1) is 18.2. The largest absolute Gasteiger partial charge is 0.457 e. The van der Waals surface area contributed by atoms with Gasteiger partial charge in [-0.15, -0.1) is 0 Å². The highest BCUT2D eigenvalue weighted by molar-refractivity contribution is 7.89. The number of benzene rings is 3. The maximum absolute atomic E-state index is 12.7. The fourth-order valence-corrected chi connectivity index (χ4v) is 4.65. The van der Waals surface area contributed by atoms with E-state index in [2.05, 4.69) is 10.0 Å². The molecular weight excluding hydrogens is 512 g/mol. The van der Waals surface area contributed by atoms with Gasteiger partial charge < -0.3 is 13.9 Å². The first-order valence-electron chi connectivity index (χ1n) is 11.6. The summed E-state index contributed by atoms with van der Waals surface area (Å²) in [6.45, 7) is 1.70. The van der Waals surface area contributed by atoms with Crippen LogP contribution in [-0.2, 0) is 32.6 Å². The molecule has 0 saturated carbocycles. The van der Waals surface area contributed by atoms with E-state index in [9.17, 15) is 22.8 Å². The topological polar surface area (TPSA) is 141 Å². The highest BCUT2D eigenvalue weighted by Gasteiger charge is 2.18. The van der Waals surface area contributed by atoms with Crippen LogP contribution in [0.2, 0.25) is 0 Å². The van der Waals surface area contributed by atoms with Crippen LogP contribution in [0.25, 0.3) is 11.0 Å². The van der Waals surface area contributed by atoms with Crippen molar-refractivity contribution in [3.8, 4) is 0 Å². The summed E-state index contributed by atoms with van der Waals surface area (Å²) in [5.41, 5.74) is 1.05. The Morgan fingerprint density at radius 1 is 0.921 bits per heavy atom. The van der Waals surface area contributed by atoms with Gasteiger partial charge in [-0.25, -0.2) is 27.5 Å². The summed E-state index contributed by atoms with van der Waals surface area (Å²) in [5, 5.41) is 3.01. The van der Waals surface area contributed by atoms with Crippen molar-refractivity contribution < 1.29 is 31.9 Å². The number of amides is 1. The molecule has 1 aromatic heterocycles. The second-order valence-electron chi connectivity index (χ2n) is 8.06. The van der Waals surface area contributed by atoms with Crippen LogP contribution in [0.3, 0.4) is 0 Å². The molecule has 1 heterocycles. The Bertz CT molecular complexity index is 1630. The number of sulfonamides is 1. The zero-order valence-electron chi connectivity index (χ0n) is 20.3. The molecule has 2 N–H and O–H groups in total. The molecule has 0 unspecified atom stereocenters. The molecule has 10 nitrogen and oxygen atoms in total. The van der Waals surface area contributed by atoms with Crippen molar-refractivity contribution in [3.05, 3.63) is 106 Å². The van der Waals surface area contributed by atoms with Crippen LogP contribution >= 0.6 is 0 Å². The normalized spacial score (nSPS) is 11.2. The lowest BCUT2D eigenvalue weighted by Crippen LogP contribution is -2.23. The molecule has 0 bridgehead atoms. The molecule has 3 aromatic carbocycles. The van der Waals surface area contributed by atoms with E-state index in [0.29, 0.717) is 16.6 Å². The first kappa shape index (κ1) is 26.6. The third-order valence-electron chi connectivity index (χ3n) is 5.40. The van der Waals surface area contributed by atoms with Gasteiger partial charge in [0.15, 0.2) is 0 Å². The molecule has 0 radical (unpaired) electrons. The maximum atomic E-state index is 12.7. The molecule has 11 heteroatoms. The van der Waals surface area contributed by atoms with E-state index in [1.54, 1.807) is 43.3 Å². The minimum atomic E-state index is -3.88. The summed E-state index contributed by atoms with van der Waals surface area (Å²) in [7, 11) is -3.88. The Hall–Kier alpha value is -4.48. The third-order valence-corrected chi connectivity index (χ3v) is 6.80. The Balaban J connectivity index is 1.47. The second-order valence-corrected chi connectivity index (χ2v) is 9.83. The lowest BCUT2D eigenvalue weighted by atomic mass is 10.1. The maximum Gasteiger partial charge on any atom is 0.411 e. The first-order valence-corrected chi connectivity index (χ1v) is 13.0. The summed E-state index contributed by atoms with van der Waals surface area (Å²) in [6.07, 6.45) is -0.654. The molecule has 0 aliphatic heterocycles. The quantitative estimate of drug-likeness (QED) is 0.240. The fourth-order valence-electron chi connectivity index (χ4n) is 3.59. The minimum absolute atomic E-state index is 0.0285. The number of fused-ring (bicyclic) bond motifs is 1. The number of rotatable bonds is 9. The van der Waals surface area contributed by atoms with Gasteiger partial charge in [0, 0.05) is 35.3 Å². The van der Waals surface area contributed by atoms with Gasteiger partial charge in [-0.05, 0) is 42.8 Å². The third kappa shape index (κ3) is 6.64. The molecule has 0 saturated heterocycles. The molecule has 38 heavy (non-hydrogen) atoms. The number of carbonyl (C=O) groups excluding carboxylic acids is 2. The molecule has 196 valence electrons. The predicted molar refractivity (Wildman–Crippen MR) is 139 cm³/mol. The van der Waals surface area contributed by atoms with E-state index < -0.39 is 27.7 Å². The van der Waals surface area contributed by atoms with E-state index in [1.807, 2.05) is 6.07 Å². The van der Waals surface area contributed by atoms with Gasteiger partial charge in [-0.2, -0.15) is 0 Å². The van der Waals surface area contributed by atoms with Crippen molar-refractivity contribution in [1.82, 2.24) is 4.72 Å². The summed E-state index contributed by atoms with van der Waals surface area (Å²) in [4.78, 5) is 36.4. The molecule has 0 aliphatic carbocycles. The van der Waals surface area contributed by atoms with Crippen LogP contribution in [0.15, 0.2) is 93.0 Å². The molecule has 4 rings (SSSR count). The molecule has 0 aliphatic rings. The zero-order chi connectivity index (χ0) is 27.1. The zero-order valence-corrected chi connectivity index (χ0v) is 21.1. The SMILES string of the molecule is CCOC(=O)Nc1ccc2c(COC(=O)c3cccc(S(=O)(=O)NCc4ccccc4)c3)cc(=O)oc2c1. The monoisotopic (exact) mass is 536 g/mol. The number of ether oxygens (including phenoxy) is 2. The smallest absolute Gasteiger partial charge is 0.411 e. The Kier molecular flexibility index (Phi) is 8.19. The average Bonchev–Trinajstić information content (AvgIpc) is 2.91. The van der Waals surface area contributed by atoms with Crippen LogP contribution in [-0.4, -0.2) is 27.1 Å². The molecule has 0 spiro atoms. The molecule has 4 aromatic rings. The van der Waals surface area contributed by atoms with Crippen molar-refractivity contribution in [3.63, 3.8) is 0 Å². The van der Waals surface area contributed by atoms with Crippen LogP contribution in [0, 0.1) is 0 Å². The van der Waals surface area contributed by atoms with E-state index in [1.165, 1.54) is 36.4 Å². The lowest BCUT2D eigenvalue weighted by molar-refractivity contribution is 0.0473. The van der Waals surface area contributed by atoms with Crippen molar-refractivity contribution in [2.75, 3.05) is 11.9 Å². The van der Waals surface area contributed by atoms with Crippen molar-refractivity contribution in [2.24, 2.45) is 0 Å². The van der Waals surface area contributed by atoms with Gasteiger partial charge in [0.2, 0.25) is 10.0 Å². The van der Waals surface area contributed by atoms with Gasteiger partial charge >= 0.3 is 17.7 Å². The summed E-state index contributed by atoms with van der Waals surface area (Å²) in [5.74, 6) is -0.771. The van der Waals surface area contributed by atoms with E-state index in [4.69, 9.17) is 13.9 Å². The summed E-state index contributed by atoms with van der Waals surface area (Å²) < 4.78 is 43.4. The standard InChI is InChI=1S/C27H24N2O8S/c1-2-35-27(32)29-21-11-12-23-20(14-25(30)37-24(23)15-21)17-36-26(31)19-9-6-10-22(13-19)38(33,34)28-16-18-7-4-3-5-8-18/h3-15,28H,2,16-17H2,1H3,(H,29,32). The number of carbonyl (C=O) groups is 2. The van der Waals surface area contributed by atoms with Crippen LogP contribution < -0.4 is 15.7 Å². The average molecular weight is 537 g/mol. The number of hydrogen-bond donors (Lipinski definition) is 2. The van der Waals surface area contributed by atoms with Crippen molar-refractivity contribution >= 4 is 38.7 Å². The number of hydrogen-bond acceptors (Lipinski definition) is 8. The van der Waals surface area contributed by atoms with Crippen molar-refractivity contribution in [2.45, 2.75) is 25.0 Å². The second kappa shape index (κ2) is 11.7. The van der Waals surface area contributed by atoms with Gasteiger partial charge in [0.1, 0.15) is 12.2 Å². The highest BCUT2D eigenvalue weighted by Crippen LogP contribution is 2.23. The molecular formula is C27H24N2O8S. The number of esters is 1.